The third kappa shape index (κ3) is 3.79. The average Bonchev–Trinajstić information content (AvgIpc) is 2.89. The monoisotopic (exact) mass is 247 g/mol. The Morgan fingerprint density at radius 2 is 2.06 bits per heavy atom. The molecule has 1 unspecified atom stereocenters. The van der Waals surface area contributed by atoms with Crippen LogP contribution >= 0.6 is 0 Å². The Morgan fingerprint density at radius 1 is 1.28 bits per heavy atom. The normalized spacial score (nSPS) is 18.4. The van der Waals surface area contributed by atoms with Crippen LogP contribution in [0.15, 0.2) is 24.4 Å². The zero-order valence-electron chi connectivity index (χ0n) is 11.6. The Labute approximate surface area is 111 Å². The molecule has 2 heterocycles. The third-order valence-electron chi connectivity index (χ3n) is 3.76. The predicted molar refractivity (Wildman–Crippen MR) is 75.4 cm³/mol. The summed E-state index contributed by atoms with van der Waals surface area (Å²) in [6.07, 6.45) is 4.59. The maximum atomic E-state index is 4.34. The van der Waals surface area contributed by atoms with Gasteiger partial charge in [-0.15, -0.1) is 0 Å². The summed E-state index contributed by atoms with van der Waals surface area (Å²) in [4.78, 5) is 6.98. The van der Waals surface area contributed by atoms with Crippen LogP contribution in [-0.2, 0) is 6.54 Å². The standard InChI is InChI=1S/C15H25N3/c1-13(2)15(18-9-5-6-10-18)12-16-11-14-7-3-4-8-17-14/h3-4,7-8,13,15-16H,5-6,9-12H2,1-2H3. The highest BCUT2D eigenvalue weighted by atomic mass is 15.2. The molecular formula is C15H25N3. The number of pyridine rings is 1. The minimum atomic E-state index is 0.663. The fourth-order valence-electron chi connectivity index (χ4n) is 2.71. The fourth-order valence-corrected chi connectivity index (χ4v) is 2.71. The van der Waals surface area contributed by atoms with Gasteiger partial charge in [-0.3, -0.25) is 9.88 Å². The minimum Gasteiger partial charge on any atom is -0.310 e. The quantitative estimate of drug-likeness (QED) is 0.836. The number of rotatable bonds is 6. The Hall–Kier alpha value is -0.930. The van der Waals surface area contributed by atoms with Crippen LogP contribution in [0.4, 0.5) is 0 Å². The first kappa shape index (κ1) is 13.5. The summed E-state index contributed by atoms with van der Waals surface area (Å²) in [6.45, 7) is 9.13. The highest BCUT2D eigenvalue weighted by molar-refractivity contribution is 5.03. The van der Waals surface area contributed by atoms with Crippen molar-refractivity contribution in [1.29, 1.82) is 0 Å². The Kier molecular flexibility index (Phi) is 5.14. The maximum absolute atomic E-state index is 4.34. The van der Waals surface area contributed by atoms with Gasteiger partial charge in [0, 0.05) is 25.3 Å². The van der Waals surface area contributed by atoms with E-state index in [2.05, 4.69) is 35.1 Å². The molecule has 1 aromatic rings. The van der Waals surface area contributed by atoms with Gasteiger partial charge in [0.15, 0.2) is 0 Å². The second kappa shape index (κ2) is 6.86. The highest BCUT2D eigenvalue weighted by Gasteiger charge is 2.23. The van der Waals surface area contributed by atoms with E-state index >= 15 is 0 Å². The second-order valence-corrected chi connectivity index (χ2v) is 5.51. The van der Waals surface area contributed by atoms with Crippen LogP contribution in [0.2, 0.25) is 0 Å². The van der Waals surface area contributed by atoms with Gasteiger partial charge in [-0.1, -0.05) is 19.9 Å². The molecule has 1 N–H and O–H groups in total. The van der Waals surface area contributed by atoms with E-state index < -0.39 is 0 Å². The van der Waals surface area contributed by atoms with Gasteiger partial charge in [-0.25, -0.2) is 0 Å². The van der Waals surface area contributed by atoms with Gasteiger partial charge >= 0.3 is 0 Å². The van der Waals surface area contributed by atoms with E-state index in [9.17, 15) is 0 Å². The molecular weight excluding hydrogens is 222 g/mol. The molecule has 0 bridgehead atoms. The summed E-state index contributed by atoms with van der Waals surface area (Å²) in [5.74, 6) is 0.708. The minimum absolute atomic E-state index is 0.663. The van der Waals surface area contributed by atoms with Crippen LogP contribution < -0.4 is 5.32 Å². The maximum Gasteiger partial charge on any atom is 0.0541 e. The second-order valence-electron chi connectivity index (χ2n) is 5.51. The lowest BCUT2D eigenvalue weighted by atomic mass is 10.0. The van der Waals surface area contributed by atoms with Gasteiger partial charge in [-0.05, 0) is 44.0 Å². The summed E-state index contributed by atoms with van der Waals surface area (Å²) in [5, 5.41) is 3.56. The van der Waals surface area contributed by atoms with Crippen molar-refractivity contribution in [3.63, 3.8) is 0 Å². The van der Waals surface area contributed by atoms with Crippen molar-refractivity contribution in [2.24, 2.45) is 5.92 Å². The van der Waals surface area contributed by atoms with Crippen molar-refractivity contribution in [3.8, 4) is 0 Å². The van der Waals surface area contributed by atoms with E-state index in [0.717, 1.165) is 18.8 Å². The Balaban J connectivity index is 1.79. The zero-order valence-corrected chi connectivity index (χ0v) is 11.6. The zero-order chi connectivity index (χ0) is 12.8. The molecule has 100 valence electrons. The van der Waals surface area contributed by atoms with Crippen molar-refractivity contribution < 1.29 is 0 Å². The van der Waals surface area contributed by atoms with Crippen molar-refractivity contribution in [2.45, 2.75) is 39.3 Å². The smallest absolute Gasteiger partial charge is 0.0541 e. The molecule has 0 radical (unpaired) electrons. The first-order chi connectivity index (χ1) is 8.77. The topological polar surface area (TPSA) is 28.2 Å². The largest absolute Gasteiger partial charge is 0.310 e. The molecule has 0 aromatic carbocycles. The van der Waals surface area contributed by atoms with E-state index in [1.54, 1.807) is 0 Å². The number of nitrogens with one attached hydrogen (secondary N) is 1. The van der Waals surface area contributed by atoms with Gasteiger partial charge in [0.05, 0.1) is 5.69 Å². The lowest BCUT2D eigenvalue weighted by Crippen LogP contribution is -2.44. The number of likely N-dealkylation sites (tertiary alicyclic amines) is 1. The lowest BCUT2D eigenvalue weighted by Gasteiger charge is -2.31. The predicted octanol–water partition coefficient (Wildman–Crippen LogP) is 2.29. The molecule has 1 aliphatic rings. The molecule has 1 saturated heterocycles. The summed E-state index contributed by atoms with van der Waals surface area (Å²) in [7, 11) is 0. The summed E-state index contributed by atoms with van der Waals surface area (Å²) in [5.41, 5.74) is 1.13. The van der Waals surface area contributed by atoms with E-state index in [4.69, 9.17) is 0 Å². The van der Waals surface area contributed by atoms with Gasteiger partial charge in [0.25, 0.3) is 0 Å². The van der Waals surface area contributed by atoms with Crippen LogP contribution in [0.3, 0.4) is 0 Å². The Morgan fingerprint density at radius 3 is 2.67 bits per heavy atom. The highest BCUT2D eigenvalue weighted by Crippen LogP contribution is 2.17. The van der Waals surface area contributed by atoms with E-state index in [1.807, 2.05) is 18.3 Å². The molecule has 1 aliphatic heterocycles. The summed E-state index contributed by atoms with van der Waals surface area (Å²) >= 11 is 0. The van der Waals surface area contributed by atoms with Crippen LogP contribution in [0.5, 0.6) is 0 Å². The molecule has 0 aliphatic carbocycles. The van der Waals surface area contributed by atoms with Crippen molar-refractivity contribution in [1.82, 2.24) is 15.2 Å². The molecule has 2 rings (SSSR count). The van der Waals surface area contributed by atoms with Crippen LogP contribution in [0, 0.1) is 5.92 Å². The lowest BCUT2D eigenvalue weighted by molar-refractivity contribution is 0.186. The fraction of sp³-hybridized carbons (Fsp3) is 0.667. The number of nitrogens with zero attached hydrogens (tertiary/aromatic N) is 2. The van der Waals surface area contributed by atoms with E-state index in [-0.39, 0.29) is 0 Å². The van der Waals surface area contributed by atoms with Crippen molar-refractivity contribution >= 4 is 0 Å². The molecule has 0 spiro atoms. The van der Waals surface area contributed by atoms with Crippen LogP contribution in [0.1, 0.15) is 32.4 Å². The van der Waals surface area contributed by atoms with E-state index in [1.165, 1.54) is 25.9 Å². The van der Waals surface area contributed by atoms with Crippen LogP contribution in [0.25, 0.3) is 0 Å². The van der Waals surface area contributed by atoms with Gasteiger partial charge < -0.3 is 5.32 Å². The molecule has 1 fully saturated rings. The molecule has 0 amide bonds. The van der Waals surface area contributed by atoms with Crippen molar-refractivity contribution in [3.05, 3.63) is 30.1 Å². The number of hydrogen-bond donors (Lipinski definition) is 1. The van der Waals surface area contributed by atoms with Crippen LogP contribution in [-0.4, -0.2) is 35.6 Å². The number of aromatic nitrogens is 1. The summed E-state index contributed by atoms with van der Waals surface area (Å²) in [6, 6.07) is 6.75. The molecule has 1 atom stereocenters. The van der Waals surface area contributed by atoms with Gasteiger partial charge in [0.2, 0.25) is 0 Å². The average molecular weight is 247 g/mol. The molecule has 3 heteroatoms. The Bertz CT molecular complexity index is 331. The van der Waals surface area contributed by atoms with Gasteiger partial charge in [-0.2, -0.15) is 0 Å². The first-order valence-electron chi connectivity index (χ1n) is 7.12. The molecule has 0 saturated carbocycles. The van der Waals surface area contributed by atoms with Crippen molar-refractivity contribution in [2.75, 3.05) is 19.6 Å². The molecule has 18 heavy (non-hydrogen) atoms. The molecule has 1 aromatic heterocycles. The molecule has 3 nitrogen and oxygen atoms in total. The number of hydrogen-bond acceptors (Lipinski definition) is 3. The summed E-state index contributed by atoms with van der Waals surface area (Å²) < 4.78 is 0. The van der Waals surface area contributed by atoms with Gasteiger partial charge in [0.1, 0.15) is 0 Å². The SMILES string of the molecule is CC(C)C(CNCc1ccccn1)N1CCCC1. The third-order valence-corrected chi connectivity index (χ3v) is 3.76. The van der Waals surface area contributed by atoms with E-state index in [0.29, 0.717) is 12.0 Å². The first-order valence-corrected chi connectivity index (χ1v) is 7.12.